The smallest absolute Gasteiger partial charge is 0.274 e. The molecule has 5 heterocycles. The van der Waals surface area contributed by atoms with Crippen molar-refractivity contribution in [3.8, 4) is 33.6 Å². The van der Waals surface area contributed by atoms with Crippen LogP contribution in [0.4, 0.5) is 0 Å². The molecule has 264 valence electrons. The molecule has 4 amide bonds. The first-order chi connectivity index (χ1) is 24.6. The summed E-state index contributed by atoms with van der Waals surface area (Å²) < 4.78 is 11.7. The maximum Gasteiger partial charge on any atom is 0.274 e. The Morgan fingerprint density at radius 3 is 2.39 bits per heavy atom. The minimum Gasteiger partial charge on any atom is -0.443 e. The number of hydrogen-bond donors (Lipinski definition) is 5. The number of nitrogens with one attached hydrogen (secondary N) is 4. The summed E-state index contributed by atoms with van der Waals surface area (Å²) in [6.07, 6.45) is 3.19. The first kappa shape index (κ1) is 35.3. The number of hydrogen-bond acceptors (Lipinski definition) is 13. The highest BCUT2D eigenvalue weighted by Crippen LogP contribution is 2.34. The van der Waals surface area contributed by atoms with E-state index in [-0.39, 0.29) is 40.5 Å². The van der Waals surface area contributed by atoms with Gasteiger partial charge in [-0.1, -0.05) is 56.7 Å². The normalized spacial score (nSPS) is 20.2. The van der Waals surface area contributed by atoms with E-state index in [9.17, 15) is 24.3 Å². The van der Waals surface area contributed by atoms with Crippen LogP contribution in [0.1, 0.15) is 72.0 Å². The number of amides is 4. The predicted molar refractivity (Wildman–Crippen MR) is 188 cm³/mol. The zero-order chi connectivity index (χ0) is 36.2. The molecule has 6 rings (SSSR count). The molecule has 5 aromatic rings. The second-order valence-electron chi connectivity index (χ2n) is 11.7. The Hall–Kier alpha value is -5.52. The van der Waals surface area contributed by atoms with Crippen LogP contribution in [0.15, 0.2) is 62.3 Å². The molecule has 0 fully saturated rings. The molecule has 0 aliphatic carbocycles. The predicted octanol–water partition coefficient (Wildman–Crippen LogP) is 4.18. The molecule has 5 N–H and O–H groups in total. The van der Waals surface area contributed by atoms with E-state index >= 15 is 0 Å². The van der Waals surface area contributed by atoms with Gasteiger partial charge in [-0.2, -0.15) is 0 Å². The number of aromatic nitrogens is 4. The molecule has 4 aromatic heterocycles. The Kier molecular flexibility index (Phi) is 10.5. The average molecular weight is 731 g/mol. The number of aliphatic hydroxyl groups is 1. The summed E-state index contributed by atoms with van der Waals surface area (Å²) in [5, 5.41) is 25.4. The van der Waals surface area contributed by atoms with Crippen molar-refractivity contribution in [2.75, 3.05) is 6.61 Å². The average Bonchev–Trinajstić information content (AvgIpc) is 3.97. The van der Waals surface area contributed by atoms with Crippen molar-refractivity contribution in [1.82, 2.24) is 41.2 Å². The fraction of sp³-hybridized carbons (Fsp3) is 0.294. The molecule has 8 bridgehead atoms. The number of nitrogens with zero attached hydrogens (tertiary/aromatic N) is 4. The van der Waals surface area contributed by atoms with Crippen LogP contribution in [-0.4, -0.2) is 67.4 Å². The minimum absolute atomic E-state index is 0.0485. The van der Waals surface area contributed by atoms with Gasteiger partial charge in [0.1, 0.15) is 45.8 Å². The summed E-state index contributed by atoms with van der Waals surface area (Å²) in [6.45, 7) is 6.38. The highest BCUT2D eigenvalue weighted by Gasteiger charge is 2.32. The Morgan fingerprint density at radius 2 is 1.67 bits per heavy atom. The molecule has 0 saturated heterocycles. The van der Waals surface area contributed by atoms with E-state index < -0.39 is 48.4 Å². The number of rotatable bonds is 4. The molecule has 0 spiro atoms. The number of benzene rings is 1. The first-order valence-corrected chi connectivity index (χ1v) is 17.8. The highest BCUT2D eigenvalue weighted by atomic mass is 32.1. The van der Waals surface area contributed by atoms with Crippen molar-refractivity contribution in [1.29, 1.82) is 0 Å². The minimum atomic E-state index is -1.05. The van der Waals surface area contributed by atoms with E-state index in [1.54, 1.807) is 41.9 Å². The molecule has 0 unspecified atom stereocenters. The van der Waals surface area contributed by atoms with Crippen LogP contribution in [0.3, 0.4) is 0 Å². The lowest BCUT2D eigenvalue weighted by atomic mass is 9.97. The molecule has 15 nitrogen and oxygen atoms in total. The third-order valence-electron chi connectivity index (χ3n) is 8.18. The Labute approximate surface area is 299 Å². The lowest BCUT2D eigenvalue weighted by molar-refractivity contribution is -0.129. The molecular formula is C34H34N8O7S2. The van der Waals surface area contributed by atoms with Gasteiger partial charge in [0, 0.05) is 16.3 Å². The van der Waals surface area contributed by atoms with Crippen molar-refractivity contribution in [2.24, 2.45) is 5.92 Å². The Balaban J connectivity index is 1.41. The van der Waals surface area contributed by atoms with Crippen molar-refractivity contribution in [3.05, 3.63) is 75.7 Å². The van der Waals surface area contributed by atoms with Gasteiger partial charge in [0.05, 0.1) is 12.3 Å². The lowest BCUT2D eigenvalue weighted by Crippen LogP contribution is -2.54. The van der Waals surface area contributed by atoms with E-state index in [1.165, 1.54) is 35.7 Å². The maximum atomic E-state index is 13.9. The quantitative estimate of drug-likeness (QED) is 0.177. The lowest BCUT2D eigenvalue weighted by Gasteiger charge is -2.25. The van der Waals surface area contributed by atoms with E-state index in [0.717, 1.165) is 6.26 Å². The molecule has 4 atom stereocenters. The van der Waals surface area contributed by atoms with E-state index in [2.05, 4.69) is 41.2 Å². The fourth-order valence-electron chi connectivity index (χ4n) is 5.09. The summed E-state index contributed by atoms with van der Waals surface area (Å²) in [5.74, 6) is -2.58. The number of aliphatic hydroxyl groups excluding tert-OH is 1. The summed E-state index contributed by atoms with van der Waals surface area (Å²) in [4.78, 5) is 72.0. The van der Waals surface area contributed by atoms with Gasteiger partial charge >= 0.3 is 0 Å². The van der Waals surface area contributed by atoms with Crippen molar-refractivity contribution in [3.63, 3.8) is 0 Å². The van der Waals surface area contributed by atoms with Crippen LogP contribution in [0, 0.1) is 5.92 Å². The molecule has 0 saturated carbocycles. The van der Waals surface area contributed by atoms with Gasteiger partial charge in [0.25, 0.3) is 11.8 Å². The van der Waals surface area contributed by atoms with Crippen LogP contribution in [0.25, 0.3) is 39.3 Å². The Bertz CT molecular complexity index is 2100. The van der Waals surface area contributed by atoms with Crippen molar-refractivity contribution >= 4 is 52.0 Å². The second-order valence-corrected chi connectivity index (χ2v) is 13.4. The standard InChI is InChI=1S/C34H34N8O7S2/c1-5-16(3)24-29(46)35-17(4)27(44)36-19(6-2)31-38-21(13-48-31)28(45)37-20(12-43)33-40-23(15-51-33)34-39-22(14-50-34)32-42-25(30(47)41-24)26(49-32)18-10-8-7-9-11-18/h6-11,13-17,20,24,43H,5,12H2,1-4H3,(H,35,46)(H,36,44)(H,37,45)(H,41,47)/b19-6-/t16-,17-,20-,24+/m0/s1. The van der Waals surface area contributed by atoms with E-state index in [0.29, 0.717) is 33.4 Å². The molecule has 1 aromatic carbocycles. The number of carbonyl (C=O) groups is 4. The maximum absolute atomic E-state index is 13.9. The molecular weight excluding hydrogens is 697 g/mol. The van der Waals surface area contributed by atoms with E-state index in [4.69, 9.17) is 8.83 Å². The monoisotopic (exact) mass is 730 g/mol. The molecule has 0 radical (unpaired) electrons. The molecule has 17 heteroatoms. The van der Waals surface area contributed by atoms with Gasteiger partial charge in [-0.3, -0.25) is 19.2 Å². The zero-order valence-corrected chi connectivity index (χ0v) is 29.6. The van der Waals surface area contributed by atoms with Gasteiger partial charge in [0.15, 0.2) is 17.1 Å². The third-order valence-corrected chi connectivity index (χ3v) is 10.00. The van der Waals surface area contributed by atoms with Crippen LogP contribution in [-0.2, 0) is 9.59 Å². The number of fused-ring (bicyclic) bond motifs is 10. The van der Waals surface area contributed by atoms with E-state index in [1.807, 2.05) is 19.9 Å². The van der Waals surface area contributed by atoms with Gasteiger partial charge in [-0.15, -0.1) is 22.7 Å². The van der Waals surface area contributed by atoms with Crippen LogP contribution in [0.2, 0.25) is 0 Å². The largest absolute Gasteiger partial charge is 0.443 e. The summed E-state index contributed by atoms with van der Waals surface area (Å²) in [7, 11) is 0. The van der Waals surface area contributed by atoms with Crippen LogP contribution < -0.4 is 21.3 Å². The fourth-order valence-corrected chi connectivity index (χ4v) is 6.77. The number of allylic oxidation sites excluding steroid dienone is 1. The van der Waals surface area contributed by atoms with Crippen LogP contribution in [0.5, 0.6) is 0 Å². The van der Waals surface area contributed by atoms with Crippen LogP contribution >= 0.6 is 22.7 Å². The third kappa shape index (κ3) is 7.50. The van der Waals surface area contributed by atoms with Gasteiger partial charge in [0.2, 0.25) is 23.6 Å². The SMILES string of the molecule is C/C=C1\NC(=O)[C@H](C)NC(=O)[C@@H]([C@@H](C)CC)NC(=O)c2nc(oc2-c2ccccc2)-c2csc(n2)-c2csc(n2)[C@H](CO)NC(=O)c2coc1n2. The van der Waals surface area contributed by atoms with Gasteiger partial charge in [-0.25, -0.2) is 19.9 Å². The molecule has 1 aliphatic heterocycles. The molecule has 51 heavy (non-hydrogen) atoms. The summed E-state index contributed by atoms with van der Waals surface area (Å²) in [5.41, 5.74) is 1.44. The van der Waals surface area contributed by atoms with Gasteiger partial charge < -0.3 is 35.2 Å². The second kappa shape index (κ2) is 15.2. The number of thiazole rings is 2. The topological polar surface area (TPSA) is 214 Å². The first-order valence-electron chi connectivity index (χ1n) is 16.0. The summed E-state index contributed by atoms with van der Waals surface area (Å²) in [6, 6.07) is 6.01. The van der Waals surface area contributed by atoms with Crippen molar-refractivity contribution in [2.45, 2.75) is 52.2 Å². The number of oxazole rings is 2. The highest BCUT2D eigenvalue weighted by molar-refractivity contribution is 7.14. The van der Waals surface area contributed by atoms with Gasteiger partial charge in [-0.05, 0) is 19.8 Å². The Morgan fingerprint density at radius 1 is 0.902 bits per heavy atom. The summed E-state index contributed by atoms with van der Waals surface area (Å²) >= 11 is 2.49. The zero-order valence-electron chi connectivity index (χ0n) is 27.9. The number of carbonyl (C=O) groups excluding carboxylic acids is 4. The molecule has 1 aliphatic rings. The van der Waals surface area contributed by atoms with Crippen molar-refractivity contribution < 1.29 is 33.1 Å².